The van der Waals surface area contributed by atoms with Crippen molar-refractivity contribution in [3.8, 4) is 0 Å². The van der Waals surface area contributed by atoms with Crippen LogP contribution in [-0.4, -0.2) is 23.9 Å². The molecule has 0 aliphatic carbocycles. The number of nitrogens with zero attached hydrogens (tertiary/aromatic N) is 2. The van der Waals surface area contributed by atoms with Crippen LogP contribution >= 0.6 is 23.1 Å². The molecule has 0 saturated carbocycles. The lowest BCUT2D eigenvalue weighted by atomic mass is 10.2. The van der Waals surface area contributed by atoms with E-state index in [1.807, 2.05) is 18.2 Å². The van der Waals surface area contributed by atoms with Gasteiger partial charge in [0.25, 0.3) is 0 Å². The van der Waals surface area contributed by atoms with Crippen LogP contribution in [0.3, 0.4) is 0 Å². The minimum Gasteiger partial charge on any atom is -0.257 e. The molecule has 0 amide bonds. The van der Waals surface area contributed by atoms with E-state index in [0.29, 0.717) is 10.4 Å². The van der Waals surface area contributed by atoms with E-state index in [1.165, 1.54) is 11.3 Å². The first kappa shape index (κ1) is 16.3. The van der Waals surface area contributed by atoms with Gasteiger partial charge in [-0.3, -0.25) is 4.72 Å². The van der Waals surface area contributed by atoms with Crippen molar-refractivity contribution in [1.82, 2.24) is 10.2 Å². The summed E-state index contributed by atoms with van der Waals surface area (Å²) in [5.74, 6) is -0.0682. The first-order chi connectivity index (χ1) is 9.98. The highest BCUT2D eigenvalue weighted by Gasteiger charge is 2.15. The third-order valence-electron chi connectivity index (χ3n) is 2.73. The minimum absolute atomic E-state index is 0.0682. The molecule has 21 heavy (non-hydrogen) atoms. The van der Waals surface area contributed by atoms with Gasteiger partial charge in [-0.05, 0) is 12.0 Å². The lowest BCUT2D eigenvalue weighted by Crippen LogP contribution is -2.14. The summed E-state index contributed by atoms with van der Waals surface area (Å²) in [6.07, 6.45) is 1.03. The Hall–Kier alpha value is -1.12. The number of sulfonamides is 1. The van der Waals surface area contributed by atoms with Crippen LogP contribution in [0.15, 0.2) is 34.7 Å². The molecule has 1 aromatic carbocycles. The van der Waals surface area contributed by atoms with Crippen molar-refractivity contribution >= 4 is 38.3 Å². The fourth-order valence-corrected chi connectivity index (χ4v) is 4.92. The van der Waals surface area contributed by atoms with Crippen molar-refractivity contribution in [2.24, 2.45) is 0 Å². The molecule has 0 aliphatic rings. The molecule has 0 unspecified atom stereocenters. The van der Waals surface area contributed by atoms with Crippen LogP contribution in [0.4, 0.5) is 5.13 Å². The third kappa shape index (κ3) is 5.29. The zero-order valence-electron chi connectivity index (χ0n) is 11.8. The molecule has 2 aromatic rings. The Morgan fingerprint density at radius 1 is 1.29 bits per heavy atom. The minimum atomic E-state index is -3.46. The number of hydrogen-bond donors (Lipinski definition) is 1. The second kappa shape index (κ2) is 7.24. The number of benzene rings is 1. The van der Waals surface area contributed by atoms with Gasteiger partial charge in [-0.25, -0.2) is 8.42 Å². The zero-order chi connectivity index (χ0) is 15.3. The van der Waals surface area contributed by atoms with Gasteiger partial charge in [-0.1, -0.05) is 67.3 Å². The molecular formula is C13H17N3O2S3. The van der Waals surface area contributed by atoms with Gasteiger partial charge in [-0.2, -0.15) is 0 Å². The number of aromatic nitrogens is 2. The summed E-state index contributed by atoms with van der Waals surface area (Å²) in [5, 5.41) is 8.64. The van der Waals surface area contributed by atoms with E-state index in [0.717, 1.165) is 16.3 Å². The van der Waals surface area contributed by atoms with Crippen molar-refractivity contribution < 1.29 is 8.42 Å². The van der Waals surface area contributed by atoms with Crippen LogP contribution in [0.1, 0.15) is 25.8 Å². The van der Waals surface area contributed by atoms with E-state index < -0.39 is 10.0 Å². The highest BCUT2D eigenvalue weighted by molar-refractivity contribution is 8.01. The molecule has 5 nitrogen and oxygen atoms in total. The van der Waals surface area contributed by atoms with Gasteiger partial charge in [0.05, 0.1) is 5.75 Å². The van der Waals surface area contributed by atoms with Gasteiger partial charge in [0.2, 0.25) is 15.2 Å². The van der Waals surface area contributed by atoms with E-state index in [2.05, 4.69) is 28.8 Å². The topological polar surface area (TPSA) is 72.0 Å². The molecule has 0 fully saturated rings. The molecule has 0 spiro atoms. The predicted molar refractivity (Wildman–Crippen MR) is 88.2 cm³/mol. The molecule has 1 N–H and O–H groups in total. The van der Waals surface area contributed by atoms with Crippen molar-refractivity contribution in [3.63, 3.8) is 0 Å². The summed E-state index contributed by atoms with van der Waals surface area (Å²) in [6, 6.07) is 9.05. The number of nitrogens with one attached hydrogen (secondary N) is 1. The molecule has 114 valence electrons. The number of anilines is 1. The van der Waals surface area contributed by atoms with Gasteiger partial charge in [0, 0.05) is 5.25 Å². The first-order valence-corrected chi connectivity index (χ1v) is 9.88. The van der Waals surface area contributed by atoms with Crippen molar-refractivity contribution in [1.29, 1.82) is 0 Å². The number of rotatable bonds is 7. The van der Waals surface area contributed by atoms with Crippen LogP contribution in [0.5, 0.6) is 0 Å². The van der Waals surface area contributed by atoms with E-state index in [-0.39, 0.29) is 5.75 Å². The second-order valence-electron chi connectivity index (χ2n) is 4.56. The Morgan fingerprint density at radius 2 is 2.00 bits per heavy atom. The Bertz CT molecular complexity index is 671. The largest absolute Gasteiger partial charge is 0.257 e. The molecule has 0 bridgehead atoms. The summed E-state index contributed by atoms with van der Waals surface area (Å²) in [6.45, 7) is 4.20. The zero-order valence-corrected chi connectivity index (χ0v) is 14.3. The lowest BCUT2D eigenvalue weighted by Gasteiger charge is -2.04. The molecule has 1 aromatic heterocycles. The standard InChI is InChI=1S/C13H17N3O2S3/c1-3-10(2)19-13-15-14-12(20-13)16-21(17,18)9-11-7-5-4-6-8-11/h4-8,10H,3,9H2,1-2H3,(H,14,16)/t10-/m1/s1. The normalized spacial score (nSPS) is 13.0. The van der Waals surface area contributed by atoms with E-state index >= 15 is 0 Å². The molecule has 8 heteroatoms. The molecule has 1 heterocycles. The SMILES string of the molecule is CC[C@@H](C)Sc1nnc(NS(=O)(=O)Cc2ccccc2)s1. The second-order valence-corrected chi connectivity index (χ2v) is 8.94. The van der Waals surface area contributed by atoms with Gasteiger partial charge >= 0.3 is 0 Å². The Balaban J connectivity index is 2.00. The smallest absolute Gasteiger partial charge is 0.238 e. The average molecular weight is 343 g/mol. The predicted octanol–water partition coefficient (Wildman–Crippen LogP) is 3.37. The highest BCUT2D eigenvalue weighted by Crippen LogP contribution is 2.30. The van der Waals surface area contributed by atoms with Crippen molar-refractivity contribution in [2.45, 2.75) is 35.6 Å². The monoisotopic (exact) mass is 343 g/mol. The summed E-state index contributed by atoms with van der Waals surface area (Å²) in [4.78, 5) is 0. The van der Waals surface area contributed by atoms with Crippen LogP contribution in [0.25, 0.3) is 0 Å². The van der Waals surface area contributed by atoms with Gasteiger partial charge in [0.1, 0.15) is 0 Å². The molecule has 1 atom stereocenters. The van der Waals surface area contributed by atoms with Crippen molar-refractivity contribution in [2.75, 3.05) is 4.72 Å². The molecule has 2 rings (SSSR count). The van der Waals surface area contributed by atoms with Gasteiger partial charge < -0.3 is 0 Å². The quantitative estimate of drug-likeness (QED) is 0.780. The van der Waals surface area contributed by atoms with E-state index in [1.54, 1.807) is 23.9 Å². The van der Waals surface area contributed by atoms with Crippen molar-refractivity contribution in [3.05, 3.63) is 35.9 Å². The van der Waals surface area contributed by atoms with Crippen LogP contribution < -0.4 is 4.72 Å². The van der Waals surface area contributed by atoms with Crippen LogP contribution in [0.2, 0.25) is 0 Å². The first-order valence-electron chi connectivity index (χ1n) is 6.53. The average Bonchev–Trinajstić information content (AvgIpc) is 2.85. The maximum Gasteiger partial charge on any atom is 0.238 e. The molecule has 0 saturated heterocycles. The maximum absolute atomic E-state index is 12.1. The summed E-state index contributed by atoms with van der Waals surface area (Å²) in [7, 11) is -3.46. The molecular weight excluding hydrogens is 326 g/mol. The lowest BCUT2D eigenvalue weighted by molar-refractivity contribution is 0.600. The molecule has 0 radical (unpaired) electrons. The summed E-state index contributed by atoms with van der Waals surface area (Å²) >= 11 is 2.87. The van der Waals surface area contributed by atoms with Crippen LogP contribution in [0, 0.1) is 0 Å². The summed E-state index contributed by atoms with van der Waals surface area (Å²) < 4.78 is 27.4. The molecule has 0 aliphatic heterocycles. The van der Waals surface area contributed by atoms with Gasteiger partial charge in [0.15, 0.2) is 4.34 Å². The fourth-order valence-electron chi connectivity index (χ4n) is 1.52. The van der Waals surface area contributed by atoms with Gasteiger partial charge in [-0.15, -0.1) is 10.2 Å². The van der Waals surface area contributed by atoms with E-state index in [4.69, 9.17) is 0 Å². The highest BCUT2D eigenvalue weighted by atomic mass is 32.2. The maximum atomic E-state index is 12.1. The Labute approximate surface area is 133 Å². The number of hydrogen-bond acceptors (Lipinski definition) is 6. The van der Waals surface area contributed by atoms with Crippen LogP contribution in [-0.2, 0) is 15.8 Å². The van der Waals surface area contributed by atoms with E-state index in [9.17, 15) is 8.42 Å². The Morgan fingerprint density at radius 3 is 2.67 bits per heavy atom. The Kier molecular flexibility index (Phi) is 5.60. The third-order valence-corrected chi connectivity index (χ3v) is 6.26. The number of thioether (sulfide) groups is 1. The summed E-state index contributed by atoms with van der Waals surface area (Å²) in [5.41, 5.74) is 0.740. The fraction of sp³-hybridized carbons (Fsp3) is 0.385.